The normalized spacial score (nSPS) is 11.5. The van der Waals surface area contributed by atoms with Crippen LogP contribution in [0, 0.1) is 0 Å². The van der Waals surface area contributed by atoms with Crippen molar-refractivity contribution in [3.63, 3.8) is 0 Å². The molecule has 0 saturated heterocycles. The molecule has 0 aliphatic carbocycles. The molecular weight excluding hydrogens is 829 g/mol. The third kappa shape index (κ3) is 6.86. The van der Waals surface area contributed by atoms with Gasteiger partial charge >= 0.3 is 0 Å². The zero-order valence-electron chi connectivity index (χ0n) is 37.0. The summed E-state index contributed by atoms with van der Waals surface area (Å²) in [6, 6.07) is 90.8. The number of hydrogen-bond acceptors (Lipinski definition) is 4. The van der Waals surface area contributed by atoms with Crippen molar-refractivity contribution in [3.05, 3.63) is 255 Å². The minimum Gasteiger partial charge on any atom is -0.456 e. The minimum atomic E-state index is 0.865. The summed E-state index contributed by atoms with van der Waals surface area (Å²) in [5.41, 5.74) is 16.9. The average Bonchev–Trinajstić information content (AvgIpc) is 3.98. The van der Waals surface area contributed by atoms with Gasteiger partial charge in [0, 0.05) is 55.4 Å². The molecule has 4 nitrogen and oxygen atoms in total. The average molecular weight is 871 g/mol. The lowest BCUT2D eigenvalue weighted by molar-refractivity contribution is 0.668. The van der Waals surface area contributed by atoms with Crippen LogP contribution in [0.5, 0.6) is 0 Å². The fraction of sp³-hybridized carbons (Fsp3) is 0. The second kappa shape index (κ2) is 16.4. The molecule has 0 saturated carbocycles. The molecule has 0 bridgehead atoms. The molecule has 4 heteroatoms. The Bertz CT molecular complexity index is 3750. The Kier molecular flexibility index (Phi) is 9.47. The Balaban J connectivity index is 0.918. The number of fused-ring (bicyclic) bond motifs is 7. The third-order valence-electron chi connectivity index (χ3n) is 13.3. The summed E-state index contributed by atoms with van der Waals surface area (Å²) in [6.07, 6.45) is 0. The van der Waals surface area contributed by atoms with E-state index in [4.69, 9.17) is 8.83 Å². The Morgan fingerprint density at radius 3 is 1.09 bits per heavy atom. The largest absolute Gasteiger partial charge is 0.456 e. The number of anilines is 6. The molecule has 0 fully saturated rings. The van der Waals surface area contributed by atoms with E-state index in [1.165, 1.54) is 33.2 Å². The highest BCUT2D eigenvalue weighted by molar-refractivity contribution is 6.09. The molecule has 2 heterocycles. The summed E-state index contributed by atoms with van der Waals surface area (Å²) >= 11 is 0. The van der Waals surface area contributed by atoms with Crippen LogP contribution in [0.15, 0.2) is 264 Å². The smallest absolute Gasteiger partial charge is 0.135 e. The predicted octanol–water partition coefficient (Wildman–Crippen LogP) is 18.6. The van der Waals surface area contributed by atoms with E-state index in [-0.39, 0.29) is 0 Å². The summed E-state index contributed by atoms with van der Waals surface area (Å²) in [6.45, 7) is 0. The van der Waals surface area contributed by atoms with E-state index in [1.54, 1.807) is 0 Å². The second-order valence-electron chi connectivity index (χ2n) is 17.3. The van der Waals surface area contributed by atoms with E-state index in [2.05, 4.69) is 240 Å². The third-order valence-corrected chi connectivity index (χ3v) is 13.3. The van der Waals surface area contributed by atoms with Gasteiger partial charge in [-0.2, -0.15) is 0 Å². The van der Waals surface area contributed by atoms with Crippen molar-refractivity contribution in [2.75, 3.05) is 9.80 Å². The van der Waals surface area contributed by atoms with Crippen molar-refractivity contribution in [3.8, 4) is 33.4 Å². The number of rotatable bonds is 9. The molecule has 13 rings (SSSR count). The van der Waals surface area contributed by atoms with Crippen LogP contribution >= 0.6 is 0 Å². The van der Waals surface area contributed by atoms with Crippen LogP contribution in [0.3, 0.4) is 0 Å². The molecule has 68 heavy (non-hydrogen) atoms. The minimum absolute atomic E-state index is 0.865. The van der Waals surface area contributed by atoms with Gasteiger partial charge < -0.3 is 18.6 Å². The van der Waals surface area contributed by atoms with Gasteiger partial charge in [-0.1, -0.05) is 164 Å². The van der Waals surface area contributed by atoms with Gasteiger partial charge in [0.2, 0.25) is 0 Å². The van der Waals surface area contributed by atoms with Crippen LogP contribution in [0.25, 0.3) is 88.0 Å². The Morgan fingerprint density at radius 2 is 0.588 bits per heavy atom. The first kappa shape index (κ1) is 39.3. The van der Waals surface area contributed by atoms with E-state index < -0.39 is 0 Å². The van der Waals surface area contributed by atoms with Crippen LogP contribution in [-0.2, 0) is 0 Å². The number of hydrogen-bond donors (Lipinski definition) is 0. The molecule has 0 N–H and O–H groups in total. The molecule has 0 unspecified atom stereocenters. The van der Waals surface area contributed by atoms with Gasteiger partial charge in [0.05, 0.1) is 5.69 Å². The molecule has 0 atom stereocenters. The van der Waals surface area contributed by atoms with E-state index in [9.17, 15) is 0 Å². The molecular formula is C64H42N2O2. The van der Waals surface area contributed by atoms with Crippen LogP contribution in [0.2, 0.25) is 0 Å². The first-order valence-corrected chi connectivity index (χ1v) is 23.1. The van der Waals surface area contributed by atoms with Crippen molar-refractivity contribution in [2.45, 2.75) is 0 Å². The highest BCUT2D eigenvalue weighted by Gasteiger charge is 2.21. The zero-order chi connectivity index (χ0) is 45.0. The van der Waals surface area contributed by atoms with E-state index in [0.717, 1.165) is 89.0 Å². The van der Waals surface area contributed by atoms with Crippen molar-refractivity contribution in [2.24, 2.45) is 0 Å². The quantitative estimate of drug-likeness (QED) is 0.145. The van der Waals surface area contributed by atoms with E-state index in [1.807, 2.05) is 24.3 Å². The maximum Gasteiger partial charge on any atom is 0.135 e. The predicted molar refractivity (Wildman–Crippen MR) is 284 cm³/mol. The summed E-state index contributed by atoms with van der Waals surface area (Å²) in [5, 5.41) is 6.69. The lowest BCUT2D eigenvalue weighted by Gasteiger charge is -2.28. The van der Waals surface area contributed by atoms with Gasteiger partial charge in [-0.3, -0.25) is 0 Å². The molecule has 320 valence electrons. The van der Waals surface area contributed by atoms with Crippen molar-refractivity contribution in [1.82, 2.24) is 0 Å². The molecule has 0 radical (unpaired) electrons. The summed E-state index contributed by atoms with van der Waals surface area (Å²) in [7, 11) is 0. The van der Waals surface area contributed by atoms with Gasteiger partial charge in [0.25, 0.3) is 0 Å². The monoisotopic (exact) mass is 870 g/mol. The van der Waals surface area contributed by atoms with Gasteiger partial charge in [0.1, 0.15) is 22.3 Å². The highest BCUT2D eigenvalue weighted by Crippen LogP contribution is 2.45. The molecule has 0 spiro atoms. The standard InChI is InChI=1S/C64H42N2O2/c1-3-13-43(14-4-1)45-23-29-49(30-24-45)66(50-31-25-46(26-32-50)44-15-5-2-6-16-44)60-38-37-53(54-17-7-8-18-55(54)60)47-27-33-48(34-28-47)65(51-35-39-63-58(41-51)56-19-9-11-21-61(56)67-63)52-36-40-64-59(42-52)57-20-10-12-22-62(57)68-64/h1-42H. The van der Waals surface area contributed by atoms with Crippen LogP contribution in [-0.4, -0.2) is 0 Å². The Morgan fingerprint density at radius 1 is 0.221 bits per heavy atom. The summed E-state index contributed by atoms with van der Waals surface area (Å²) in [4.78, 5) is 4.72. The van der Waals surface area contributed by atoms with E-state index in [0.29, 0.717) is 0 Å². The Hall–Kier alpha value is -9.12. The van der Waals surface area contributed by atoms with Gasteiger partial charge in [-0.05, 0) is 130 Å². The fourth-order valence-electron chi connectivity index (χ4n) is 9.97. The van der Waals surface area contributed by atoms with Gasteiger partial charge in [0.15, 0.2) is 0 Å². The van der Waals surface area contributed by atoms with Crippen LogP contribution in [0.4, 0.5) is 34.1 Å². The first-order valence-electron chi connectivity index (χ1n) is 23.1. The topological polar surface area (TPSA) is 32.8 Å². The Labute approximate surface area is 393 Å². The summed E-state index contributed by atoms with van der Waals surface area (Å²) in [5.74, 6) is 0. The molecule has 11 aromatic carbocycles. The van der Waals surface area contributed by atoms with Crippen molar-refractivity contribution < 1.29 is 8.83 Å². The highest BCUT2D eigenvalue weighted by atomic mass is 16.3. The zero-order valence-corrected chi connectivity index (χ0v) is 37.0. The fourth-order valence-corrected chi connectivity index (χ4v) is 9.97. The molecule has 0 aliphatic rings. The number of benzene rings is 11. The SMILES string of the molecule is c1ccc(-c2ccc(N(c3ccc(-c4ccccc4)cc3)c3ccc(-c4ccc(N(c5ccc6oc7ccccc7c6c5)c5ccc6oc7ccccc7c6c5)cc4)c4ccccc34)cc2)cc1. The summed E-state index contributed by atoms with van der Waals surface area (Å²) < 4.78 is 12.6. The van der Waals surface area contributed by atoms with Crippen molar-refractivity contribution >= 4 is 88.8 Å². The lowest BCUT2D eigenvalue weighted by atomic mass is 9.95. The molecule has 0 amide bonds. The molecule has 13 aromatic rings. The van der Waals surface area contributed by atoms with Crippen molar-refractivity contribution in [1.29, 1.82) is 0 Å². The molecule has 0 aliphatic heterocycles. The lowest BCUT2D eigenvalue weighted by Crippen LogP contribution is -2.10. The van der Waals surface area contributed by atoms with Gasteiger partial charge in [-0.25, -0.2) is 0 Å². The molecule has 2 aromatic heterocycles. The number of nitrogens with zero attached hydrogens (tertiary/aromatic N) is 2. The van der Waals surface area contributed by atoms with Gasteiger partial charge in [-0.15, -0.1) is 0 Å². The maximum atomic E-state index is 6.28. The maximum absolute atomic E-state index is 6.28. The first-order chi connectivity index (χ1) is 33.7. The van der Waals surface area contributed by atoms with E-state index >= 15 is 0 Å². The number of para-hydroxylation sites is 2. The van der Waals surface area contributed by atoms with Crippen LogP contribution < -0.4 is 9.80 Å². The van der Waals surface area contributed by atoms with Crippen LogP contribution in [0.1, 0.15) is 0 Å². The number of furan rings is 2. The second-order valence-corrected chi connectivity index (χ2v) is 17.3.